The standard InChI is InChI=1S/C9H18F4N4/c1-8(16(10)11)4-14-5-9(2,17(12)13)7-15(3)6-8/h14H,4-7H2,1-3H3/p+2. The first-order valence-corrected chi connectivity index (χ1v) is 5.56. The molecule has 0 aromatic carbocycles. The van der Waals surface area contributed by atoms with Crippen molar-refractivity contribution in [1.82, 2.24) is 10.7 Å². The van der Waals surface area contributed by atoms with Crippen LogP contribution in [0.1, 0.15) is 13.8 Å². The van der Waals surface area contributed by atoms with Crippen LogP contribution in [0.15, 0.2) is 0 Å². The zero-order valence-corrected chi connectivity index (χ0v) is 10.3. The van der Waals surface area contributed by atoms with Crippen molar-refractivity contribution in [3.05, 3.63) is 0 Å². The summed E-state index contributed by atoms with van der Waals surface area (Å²) in [4.78, 5) is 0.670. The first kappa shape index (κ1) is 14.6. The number of nitrogens with zero attached hydrogens (tertiary/aromatic N) is 2. The Morgan fingerprint density at radius 3 is 1.59 bits per heavy atom. The van der Waals surface area contributed by atoms with Gasteiger partial charge in [0.25, 0.3) is 0 Å². The lowest BCUT2D eigenvalue weighted by Gasteiger charge is -2.37. The van der Waals surface area contributed by atoms with Crippen molar-refractivity contribution in [3.8, 4) is 0 Å². The fraction of sp³-hybridized carbons (Fsp3) is 1.00. The molecule has 0 aliphatic carbocycles. The summed E-state index contributed by atoms with van der Waals surface area (Å²) in [7, 11) is 1.66. The Kier molecular flexibility index (Phi) is 4.34. The third-order valence-corrected chi connectivity index (χ3v) is 3.35. The summed E-state index contributed by atoms with van der Waals surface area (Å²) in [6, 6.07) is 0. The lowest BCUT2D eigenvalue weighted by molar-refractivity contribution is -0.903. The number of likely N-dealkylation sites (N-methyl/N-ethyl adjacent to an activating group) is 1. The number of rotatable bonds is 2. The van der Waals surface area contributed by atoms with Gasteiger partial charge in [0.15, 0.2) is 11.1 Å². The summed E-state index contributed by atoms with van der Waals surface area (Å²) in [5, 5.41) is -0.0819. The fourth-order valence-electron chi connectivity index (χ4n) is 2.46. The molecule has 8 heteroatoms. The van der Waals surface area contributed by atoms with Crippen molar-refractivity contribution in [2.24, 2.45) is 0 Å². The van der Waals surface area contributed by atoms with Gasteiger partial charge in [0.1, 0.15) is 26.2 Å². The molecule has 2 unspecified atom stereocenters. The number of quaternary nitrogens is 2. The summed E-state index contributed by atoms with van der Waals surface area (Å²) in [5.41, 5.74) is -2.55. The Morgan fingerprint density at radius 2 is 1.29 bits per heavy atom. The normalized spacial score (nSPS) is 40.4. The minimum Gasteiger partial charge on any atom is -0.342 e. The molecule has 0 saturated carbocycles. The molecule has 2 atom stereocenters. The molecule has 1 heterocycles. The average molecular weight is 260 g/mol. The Hall–Kier alpha value is -0.440. The molecule has 1 fully saturated rings. The Balaban J connectivity index is 2.77. The van der Waals surface area contributed by atoms with Crippen molar-refractivity contribution < 1.29 is 28.1 Å². The van der Waals surface area contributed by atoms with Crippen molar-refractivity contribution in [3.63, 3.8) is 0 Å². The van der Waals surface area contributed by atoms with Crippen molar-refractivity contribution in [2.45, 2.75) is 24.9 Å². The molecule has 1 aliphatic heterocycles. The second-order valence-electron chi connectivity index (χ2n) is 5.47. The van der Waals surface area contributed by atoms with Gasteiger partial charge in [-0.2, -0.15) is 0 Å². The van der Waals surface area contributed by atoms with Crippen LogP contribution in [0.5, 0.6) is 0 Å². The minimum atomic E-state index is -1.27. The van der Waals surface area contributed by atoms with Crippen LogP contribution in [0.2, 0.25) is 0 Å². The molecule has 3 N–H and O–H groups in total. The van der Waals surface area contributed by atoms with Crippen LogP contribution in [0.3, 0.4) is 0 Å². The SMILES string of the molecule is C[NH+]1CC(C)(N(F)F)C[NH2+]CC(C)(N(F)F)C1. The third-order valence-electron chi connectivity index (χ3n) is 3.35. The monoisotopic (exact) mass is 260 g/mol. The van der Waals surface area contributed by atoms with E-state index in [0.717, 1.165) is 0 Å². The van der Waals surface area contributed by atoms with E-state index in [0.29, 0.717) is 4.90 Å². The van der Waals surface area contributed by atoms with Crippen molar-refractivity contribution in [2.75, 3.05) is 33.2 Å². The van der Waals surface area contributed by atoms with E-state index in [1.807, 2.05) is 0 Å². The average Bonchev–Trinajstić information content (AvgIpc) is 2.14. The van der Waals surface area contributed by atoms with E-state index in [-0.39, 0.29) is 26.2 Å². The molecule has 0 aromatic heterocycles. The van der Waals surface area contributed by atoms with Crippen LogP contribution in [-0.4, -0.2) is 55.0 Å². The number of nitrogens with one attached hydrogen (secondary N) is 1. The number of nitrogens with two attached hydrogens (primary N) is 1. The highest BCUT2D eigenvalue weighted by molar-refractivity contribution is 4.82. The molecule has 1 rings (SSSR count). The van der Waals surface area contributed by atoms with Crippen molar-refractivity contribution >= 4 is 0 Å². The van der Waals surface area contributed by atoms with Crippen LogP contribution in [0.25, 0.3) is 0 Å². The highest BCUT2D eigenvalue weighted by atomic mass is 19.4. The van der Waals surface area contributed by atoms with Crippen LogP contribution in [-0.2, 0) is 0 Å². The van der Waals surface area contributed by atoms with E-state index in [1.165, 1.54) is 19.2 Å². The fourth-order valence-corrected chi connectivity index (χ4v) is 2.46. The number of hydrogen-bond acceptors (Lipinski definition) is 2. The van der Waals surface area contributed by atoms with E-state index in [4.69, 9.17) is 0 Å². The Bertz CT molecular complexity index is 241. The van der Waals surface area contributed by atoms with Gasteiger partial charge in [0.2, 0.25) is 0 Å². The zero-order chi connectivity index (χ0) is 13.3. The molecule has 17 heavy (non-hydrogen) atoms. The molecular weight excluding hydrogens is 240 g/mol. The number of halogens is 4. The molecule has 0 bridgehead atoms. The summed E-state index contributed by atoms with van der Waals surface area (Å²) >= 11 is 0. The van der Waals surface area contributed by atoms with Gasteiger partial charge in [0.05, 0.1) is 7.05 Å². The Morgan fingerprint density at radius 1 is 0.941 bits per heavy atom. The summed E-state index contributed by atoms with van der Waals surface area (Å²) in [6.07, 6.45) is 0. The van der Waals surface area contributed by atoms with Gasteiger partial charge in [-0.1, -0.05) is 0 Å². The number of hydrogen-bond donors (Lipinski definition) is 2. The van der Waals surface area contributed by atoms with E-state index in [2.05, 4.69) is 0 Å². The second kappa shape index (κ2) is 5.05. The lowest BCUT2D eigenvalue weighted by Crippen LogP contribution is -3.16. The summed E-state index contributed by atoms with van der Waals surface area (Å²) in [5.74, 6) is 0. The molecule has 1 aliphatic rings. The summed E-state index contributed by atoms with van der Waals surface area (Å²) < 4.78 is 51.1. The van der Waals surface area contributed by atoms with E-state index in [1.54, 1.807) is 7.05 Å². The van der Waals surface area contributed by atoms with Crippen LogP contribution in [0, 0.1) is 0 Å². The van der Waals surface area contributed by atoms with Crippen molar-refractivity contribution in [1.29, 1.82) is 0 Å². The highest BCUT2D eigenvalue weighted by Crippen LogP contribution is 2.16. The van der Waals surface area contributed by atoms with E-state index >= 15 is 0 Å². The lowest BCUT2D eigenvalue weighted by atomic mass is 9.96. The Labute approximate surface area is 97.9 Å². The maximum Gasteiger partial charge on any atom is 0.178 e. The van der Waals surface area contributed by atoms with E-state index in [9.17, 15) is 17.9 Å². The maximum atomic E-state index is 12.8. The van der Waals surface area contributed by atoms with Gasteiger partial charge in [-0.3, -0.25) is 0 Å². The van der Waals surface area contributed by atoms with Crippen LogP contribution >= 0.6 is 0 Å². The molecule has 4 nitrogen and oxygen atoms in total. The van der Waals surface area contributed by atoms with Crippen LogP contribution in [0.4, 0.5) is 17.9 Å². The molecule has 102 valence electrons. The minimum absolute atomic E-state index is 0.0980. The molecular formula is C9H20F4N4+2. The molecule has 0 aromatic rings. The van der Waals surface area contributed by atoms with Gasteiger partial charge < -0.3 is 10.2 Å². The van der Waals surface area contributed by atoms with Crippen LogP contribution < -0.4 is 10.2 Å². The first-order valence-electron chi connectivity index (χ1n) is 5.56. The summed E-state index contributed by atoms with van der Waals surface area (Å²) in [6.45, 7) is 3.33. The first-order chi connectivity index (χ1) is 7.69. The smallest absolute Gasteiger partial charge is 0.178 e. The largest absolute Gasteiger partial charge is 0.342 e. The molecule has 0 amide bonds. The zero-order valence-electron chi connectivity index (χ0n) is 10.3. The van der Waals surface area contributed by atoms with Gasteiger partial charge in [-0.15, -0.1) is 17.9 Å². The predicted octanol–water partition coefficient (Wildman–Crippen LogP) is -1.26. The molecule has 1 saturated heterocycles. The molecule has 0 radical (unpaired) electrons. The molecule has 0 spiro atoms. The second-order valence-corrected chi connectivity index (χ2v) is 5.47. The van der Waals surface area contributed by atoms with E-state index < -0.39 is 21.8 Å². The topological polar surface area (TPSA) is 27.5 Å². The van der Waals surface area contributed by atoms with Gasteiger partial charge >= 0.3 is 0 Å². The quantitative estimate of drug-likeness (QED) is 0.479. The maximum absolute atomic E-state index is 12.8. The highest BCUT2D eigenvalue weighted by Gasteiger charge is 2.47. The predicted molar refractivity (Wildman–Crippen MR) is 53.2 cm³/mol. The van der Waals surface area contributed by atoms with Gasteiger partial charge in [0, 0.05) is 10.7 Å². The van der Waals surface area contributed by atoms with Gasteiger partial charge in [-0.05, 0) is 13.8 Å². The van der Waals surface area contributed by atoms with Gasteiger partial charge in [-0.25, -0.2) is 0 Å². The third kappa shape index (κ3) is 3.27.